The minimum atomic E-state index is -3.11. The van der Waals surface area contributed by atoms with Crippen LogP contribution in [0.5, 0.6) is 5.75 Å². The predicted octanol–water partition coefficient (Wildman–Crippen LogP) is 5.20. The van der Waals surface area contributed by atoms with Crippen LogP contribution in [0.25, 0.3) is 0 Å². The highest BCUT2D eigenvalue weighted by Crippen LogP contribution is 2.45. The first-order valence-electron chi connectivity index (χ1n) is 16.2. The summed E-state index contributed by atoms with van der Waals surface area (Å²) in [4.78, 5) is 44.2. The zero-order valence-corrected chi connectivity index (χ0v) is 27.9. The van der Waals surface area contributed by atoms with E-state index in [4.69, 9.17) is 16.3 Å². The maximum Gasteiger partial charge on any atom is 0.387 e. The van der Waals surface area contributed by atoms with Crippen LogP contribution in [0, 0.1) is 10.8 Å². The normalized spacial score (nSPS) is 20.6. The van der Waals surface area contributed by atoms with Gasteiger partial charge in [0.15, 0.2) is 5.75 Å². The van der Waals surface area contributed by atoms with Crippen LogP contribution in [0.1, 0.15) is 70.4 Å². The fraction of sp³-hybridized carbons (Fsp3) is 0.636. The Morgan fingerprint density at radius 1 is 1.02 bits per heavy atom. The molecule has 1 aromatic carbocycles. The maximum absolute atomic E-state index is 14.2. The molecule has 0 bridgehead atoms. The van der Waals surface area contributed by atoms with E-state index in [1.54, 1.807) is 22.9 Å². The van der Waals surface area contributed by atoms with E-state index in [1.807, 2.05) is 19.9 Å². The van der Waals surface area contributed by atoms with Gasteiger partial charge in [-0.15, -0.1) is 0 Å². The molecule has 5 rings (SSSR count). The molecule has 1 aromatic heterocycles. The predicted molar refractivity (Wildman–Crippen MR) is 171 cm³/mol. The van der Waals surface area contributed by atoms with Crippen LogP contribution in [0.15, 0.2) is 30.5 Å². The Labute approximate surface area is 278 Å². The number of alkyl halides is 2. The van der Waals surface area contributed by atoms with E-state index in [2.05, 4.69) is 20.1 Å². The Morgan fingerprint density at radius 3 is 2.26 bits per heavy atom. The van der Waals surface area contributed by atoms with Gasteiger partial charge in [-0.2, -0.15) is 13.9 Å². The molecule has 2 amide bonds. The number of benzene rings is 1. The number of hydrogen-bond donors (Lipinski definition) is 2. The van der Waals surface area contributed by atoms with Gasteiger partial charge in [0.05, 0.1) is 23.1 Å². The number of likely N-dealkylation sites (tertiary alicyclic amines) is 2. The van der Waals surface area contributed by atoms with Crippen molar-refractivity contribution in [2.45, 2.75) is 76.9 Å². The van der Waals surface area contributed by atoms with Crippen LogP contribution < -0.4 is 10.1 Å². The molecule has 1 saturated carbocycles. The van der Waals surface area contributed by atoms with Crippen molar-refractivity contribution in [2.24, 2.45) is 10.8 Å². The number of piperidine rings is 2. The topological polar surface area (TPSA) is 126 Å². The number of hydrogen-bond acceptors (Lipinski definition) is 7. The van der Waals surface area contributed by atoms with Crippen LogP contribution in [-0.4, -0.2) is 95.5 Å². The molecule has 2 N–H and O–H groups in total. The largest absolute Gasteiger partial charge is 0.481 e. The van der Waals surface area contributed by atoms with Crippen LogP contribution in [-0.2, 0) is 24.7 Å². The van der Waals surface area contributed by atoms with Crippen LogP contribution in [0.3, 0.4) is 0 Å². The molecule has 2 aliphatic heterocycles. The molecule has 0 spiro atoms. The number of halogens is 3. The van der Waals surface area contributed by atoms with E-state index in [-0.39, 0.29) is 34.8 Å². The number of anilines is 1. The average molecular weight is 680 g/mol. The summed E-state index contributed by atoms with van der Waals surface area (Å²) in [6.45, 7) is 3.08. The molecule has 3 fully saturated rings. The van der Waals surface area contributed by atoms with Gasteiger partial charge in [-0.25, -0.2) is 0 Å². The molecule has 47 heavy (non-hydrogen) atoms. The van der Waals surface area contributed by atoms with Gasteiger partial charge in [-0.3, -0.25) is 19.1 Å². The van der Waals surface area contributed by atoms with E-state index in [0.29, 0.717) is 58.5 Å². The molecule has 2 aromatic rings. The van der Waals surface area contributed by atoms with Gasteiger partial charge in [0.25, 0.3) is 5.91 Å². The van der Waals surface area contributed by atoms with Gasteiger partial charge in [0.2, 0.25) is 5.91 Å². The van der Waals surface area contributed by atoms with E-state index in [1.165, 1.54) is 18.2 Å². The van der Waals surface area contributed by atoms with Gasteiger partial charge in [-0.05, 0) is 62.6 Å². The smallest absolute Gasteiger partial charge is 0.387 e. The summed E-state index contributed by atoms with van der Waals surface area (Å²) in [6, 6.07) is 5.98. The number of nitrogens with zero attached hydrogens (tertiary/aromatic N) is 4. The second-order valence-electron chi connectivity index (χ2n) is 13.5. The van der Waals surface area contributed by atoms with Crippen molar-refractivity contribution < 1.29 is 37.7 Å². The van der Waals surface area contributed by atoms with Gasteiger partial charge in [0, 0.05) is 62.8 Å². The summed E-state index contributed by atoms with van der Waals surface area (Å²) in [6.07, 6.45) is 5.47. The van der Waals surface area contributed by atoms with Crippen molar-refractivity contribution in [3.8, 4) is 5.75 Å². The summed E-state index contributed by atoms with van der Waals surface area (Å²) in [5.74, 6) is -1.49. The number of carboxylic acids is 1. The van der Waals surface area contributed by atoms with Crippen molar-refractivity contribution in [1.82, 2.24) is 19.6 Å². The highest BCUT2D eigenvalue weighted by Gasteiger charge is 2.51. The lowest BCUT2D eigenvalue weighted by Gasteiger charge is -2.48. The summed E-state index contributed by atoms with van der Waals surface area (Å²) < 4.78 is 38.1. The molecule has 11 nitrogen and oxygen atoms in total. The standard InChI is InChI=1S/C33H44ClF2N5O6/c1-22(2)25-7-14-37-41(25)33(27(42)38-24-6-5-23(34)19-26(24)47-30(35)36)12-15-39(16-13-33)20-31(29(44)45)10-17-40(18-11-31)28(43)32(21-46-3)8-4-9-32/h5-7,14,19,22,30H,4,8-13,15-18,20-21H2,1-3H3,(H,38,42)(H,44,45). The number of carbonyl (C=O) groups excluding carboxylic acids is 2. The molecule has 258 valence electrons. The second kappa shape index (κ2) is 14.1. The first kappa shape index (κ1) is 35.0. The van der Waals surface area contributed by atoms with Crippen LogP contribution >= 0.6 is 11.6 Å². The van der Waals surface area contributed by atoms with Gasteiger partial charge in [0.1, 0.15) is 5.54 Å². The Morgan fingerprint density at radius 2 is 1.70 bits per heavy atom. The Balaban J connectivity index is 1.33. The number of ether oxygens (including phenoxy) is 2. The number of methoxy groups -OCH3 is 1. The van der Waals surface area contributed by atoms with Crippen molar-refractivity contribution in [2.75, 3.05) is 51.8 Å². The van der Waals surface area contributed by atoms with Gasteiger partial charge < -0.3 is 29.7 Å². The first-order chi connectivity index (χ1) is 22.3. The van der Waals surface area contributed by atoms with Crippen molar-refractivity contribution in [3.05, 3.63) is 41.2 Å². The number of carbonyl (C=O) groups is 3. The highest BCUT2D eigenvalue weighted by atomic mass is 35.5. The fourth-order valence-corrected chi connectivity index (χ4v) is 7.56. The molecular weight excluding hydrogens is 636 g/mol. The minimum absolute atomic E-state index is 0.0413. The Hall–Kier alpha value is -3.29. The Kier molecular flexibility index (Phi) is 10.5. The van der Waals surface area contributed by atoms with Crippen LogP contribution in [0.4, 0.5) is 14.5 Å². The first-order valence-corrected chi connectivity index (χ1v) is 16.6. The SMILES string of the molecule is COCC1(C(=O)N2CCC(CN3CCC(C(=O)Nc4ccc(Cl)cc4OC(F)F)(n4nccc4C(C)C)CC3)(C(=O)O)CC2)CCC1. The molecule has 0 atom stereocenters. The van der Waals surface area contributed by atoms with Crippen molar-refractivity contribution >= 4 is 35.1 Å². The van der Waals surface area contributed by atoms with Gasteiger partial charge in [-0.1, -0.05) is 31.9 Å². The zero-order valence-electron chi connectivity index (χ0n) is 27.1. The lowest BCUT2D eigenvalue weighted by atomic mass is 9.67. The number of nitrogens with one attached hydrogen (secondary N) is 1. The highest BCUT2D eigenvalue weighted by molar-refractivity contribution is 6.30. The summed E-state index contributed by atoms with van der Waals surface area (Å²) in [7, 11) is 1.60. The zero-order chi connectivity index (χ0) is 34.0. The molecule has 1 aliphatic carbocycles. The third-order valence-corrected chi connectivity index (χ3v) is 10.6. The molecule has 2 saturated heterocycles. The van der Waals surface area contributed by atoms with E-state index >= 15 is 0 Å². The number of rotatable bonds is 12. The minimum Gasteiger partial charge on any atom is -0.481 e. The van der Waals surface area contributed by atoms with E-state index in [0.717, 1.165) is 25.0 Å². The number of aliphatic carboxylic acids is 1. The molecular formula is C33H44ClF2N5O6. The monoisotopic (exact) mass is 679 g/mol. The summed E-state index contributed by atoms with van der Waals surface area (Å²) in [5, 5.41) is 18.0. The molecule has 14 heteroatoms. The summed E-state index contributed by atoms with van der Waals surface area (Å²) >= 11 is 6.02. The van der Waals surface area contributed by atoms with Crippen molar-refractivity contribution in [3.63, 3.8) is 0 Å². The van der Waals surface area contributed by atoms with Crippen molar-refractivity contribution in [1.29, 1.82) is 0 Å². The van der Waals surface area contributed by atoms with E-state index in [9.17, 15) is 28.3 Å². The molecule has 3 aliphatic rings. The number of amides is 2. The quantitative estimate of drug-likeness (QED) is 0.314. The average Bonchev–Trinajstić information content (AvgIpc) is 3.52. The second-order valence-corrected chi connectivity index (χ2v) is 14.0. The lowest BCUT2D eigenvalue weighted by molar-refractivity contribution is -0.162. The summed E-state index contributed by atoms with van der Waals surface area (Å²) in [5.41, 5.74) is -1.81. The maximum atomic E-state index is 14.2. The third kappa shape index (κ3) is 6.98. The third-order valence-electron chi connectivity index (χ3n) is 10.4. The fourth-order valence-electron chi connectivity index (χ4n) is 7.40. The molecule has 3 heterocycles. The van der Waals surface area contributed by atoms with E-state index < -0.39 is 34.9 Å². The number of aromatic nitrogens is 2. The molecule has 0 radical (unpaired) electrons. The lowest BCUT2D eigenvalue weighted by Crippen LogP contribution is -2.58. The number of carboxylic acid groups (broad SMARTS) is 1. The molecule has 0 unspecified atom stereocenters. The van der Waals surface area contributed by atoms with Crippen LogP contribution in [0.2, 0.25) is 5.02 Å². The van der Waals surface area contributed by atoms with Gasteiger partial charge >= 0.3 is 12.6 Å². The Bertz CT molecular complexity index is 1450.